The summed E-state index contributed by atoms with van der Waals surface area (Å²) in [6, 6.07) is 23.2. The van der Waals surface area contributed by atoms with Crippen molar-refractivity contribution in [2.75, 3.05) is 37.6 Å². The van der Waals surface area contributed by atoms with E-state index < -0.39 is 23.6 Å². The van der Waals surface area contributed by atoms with Gasteiger partial charge in [0.2, 0.25) is 0 Å². The summed E-state index contributed by atoms with van der Waals surface area (Å²) in [5, 5.41) is 20.3. The van der Waals surface area contributed by atoms with Gasteiger partial charge in [-0.2, -0.15) is 0 Å². The summed E-state index contributed by atoms with van der Waals surface area (Å²) in [7, 11) is 0. The van der Waals surface area contributed by atoms with Crippen molar-refractivity contribution in [1.29, 1.82) is 0 Å². The molecule has 0 unspecified atom stereocenters. The molecular weight excluding hydrogens is 818 g/mol. The maximum Gasteiger partial charge on any atom is 0.162 e. The summed E-state index contributed by atoms with van der Waals surface area (Å²) in [4.78, 5) is 11.7. The van der Waals surface area contributed by atoms with Crippen LogP contribution < -0.4 is 9.64 Å². The number of aromatic hydroxyl groups is 1. The number of aromatic nitrogens is 3. The smallest absolute Gasteiger partial charge is 0.162 e. The zero-order valence-corrected chi connectivity index (χ0v) is 37.1. The molecular formula is C51H51F3N6O2S. The van der Waals surface area contributed by atoms with Gasteiger partial charge in [-0.1, -0.05) is 36.4 Å². The first kappa shape index (κ1) is 41.3. The number of thiophene rings is 1. The number of benzene rings is 4. The highest BCUT2D eigenvalue weighted by Gasteiger charge is 2.34. The molecule has 2 atom stereocenters. The van der Waals surface area contributed by atoms with Crippen LogP contribution in [-0.4, -0.2) is 63.2 Å². The molecule has 0 spiro atoms. The first-order valence-corrected chi connectivity index (χ1v) is 22.9. The van der Waals surface area contributed by atoms with Crippen LogP contribution >= 0.6 is 11.3 Å². The van der Waals surface area contributed by atoms with Crippen molar-refractivity contribution >= 4 is 33.9 Å². The fraction of sp³-hybridized carbons (Fsp3) is 0.353. The molecule has 4 aromatic carbocycles. The Balaban J connectivity index is 0.759. The van der Waals surface area contributed by atoms with Crippen molar-refractivity contribution in [3.63, 3.8) is 0 Å². The molecule has 0 radical (unpaired) electrons. The van der Waals surface area contributed by atoms with E-state index in [1.165, 1.54) is 52.2 Å². The molecule has 63 heavy (non-hydrogen) atoms. The number of piperidine rings is 2. The van der Waals surface area contributed by atoms with Crippen molar-refractivity contribution in [3.05, 3.63) is 152 Å². The quantitative estimate of drug-likeness (QED) is 0.172. The molecule has 0 saturated carbocycles. The number of halogens is 3. The van der Waals surface area contributed by atoms with Crippen LogP contribution in [-0.2, 0) is 0 Å². The number of likely N-dealkylation sites (tertiary alicyclic amines) is 1. The average Bonchev–Trinajstić information content (AvgIpc) is 3.77. The first-order valence-electron chi connectivity index (χ1n) is 22.1. The topological polar surface area (TPSA) is 79.0 Å². The highest BCUT2D eigenvalue weighted by molar-refractivity contribution is 7.15. The van der Waals surface area contributed by atoms with Crippen molar-refractivity contribution < 1.29 is 23.0 Å². The standard InChI is InChI=1S/C51H51F3N6O2S/c1-28-31(4)63-51-46(28)48(55-30(3)50-57-56-32(5)60(50)51)36-10-12-39(13-11-36)59-22-16-33(17-23-59)27-58-20-18-35(19-21-58)34-6-8-37(9-7-34)49-45(47-42(53)24-38(52)25-43(47)54)29(2)41-26-40(61)14-15-44(41)62-49/h6-15,24-26,30,33,35,49,61H,16-23,27H2,1-5H3/t30-,49-/m0/s1. The average molecular weight is 869 g/mol. The summed E-state index contributed by atoms with van der Waals surface area (Å²) in [5.74, 6) is 0.373. The number of hydrogen-bond acceptors (Lipinski definition) is 8. The number of fused-ring (bicyclic) bond motifs is 4. The summed E-state index contributed by atoms with van der Waals surface area (Å²) < 4.78 is 53.2. The van der Waals surface area contributed by atoms with Crippen molar-refractivity contribution in [2.24, 2.45) is 10.9 Å². The lowest BCUT2D eigenvalue weighted by Crippen LogP contribution is -2.41. The number of phenols is 1. The molecule has 2 aromatic heterocycles. The van der Waals surface area contributed by atoms with Gasteiger partial charge in [-0.05, 0) is 138 Å². The number of aryl methyl sites for hydroxylation is 2. The molecule has 1 N–H and O–H groups in total. The van der Waals surface area contributed by atoms with Gasteiger partial charge in [0.1, 0.15) is 51.9 Å². The van der Waals surface area contributed by atoms with Gasteiger partial charge in [0, 0.05) is 64.6 Å². The normalized spacial score (nSPS) is 19.6. The number of hydrogen-bond donors (Lipinski definition) is 1. The van der Waals surface area contributed by atoms with E-state index in [4.69, 9.17) is 9.73 Å². The third-order valence-corrected chi connectivity index (χ3v) is 15.0. The fourth-order valence-electron chi connectivity index (χ4n) is 10.2. The van der Waals surface area contributed by atoms with E-state index >= 15 is 8.78 Å². The molecule has 0 bridgehead atoms. The fourth-order valence-corrected chi connectivity index (χ4v) is 11.4. The van der Waals surface area contributed by atoms with Crippen LogP contribution in [0.5, 0.6) is 11.5 Å². The Morgan fingerprint density at radius 3 is 2.16 bits per heavy atom. The summed E-state index contributed by atoms with van der Waals surface area (Å²) in [6.07, 6.45) is 3.63. The highest BCUT2D eigenvalue weighted by atomic mass is 32.1. The lowest BCUT2D eigenvalue weighted by atomic mass is 9.84. The lowest BCUT2D eigenvalue weighted by molar-refractivity contribution is 0.170. The van der Waals surface area contributed by atoms with E-state index in [0.717, 1.165) is 79.1 Å². The SMILES string of the molecule is CC1=C(c2c(F)cc(F)cc2F)[C@H](c2ccc(C3CCN(CC4CCN(c5ccc(C6=N[C@@H](C)c7nnc(C)n7-c7sc(C)c(C)c76)cc5)CC4)CC3)cc2)Oc2ccc(O)cc21. The largest absolute Gasteiger partial charge is 0.508 e. The number of phenolic OH excluding ortho intramolecular Hbond substituents is 1. The number of allylic oxidation sites excluding steroid dienone is 1. The van der Waals surface area contributed by atoms with E-state index in [9.17, 15) is 9.50 Å². The van der Waals surface area contributed by atoms with E-state index in [0.29, 0.717) is 40.9 Å². The first-order chi connectivity index (χ1) is 30.4. The van der Waals surface area contributed by atoms with Crippen LogP contribution in [0.2, 0.25) is 0 Å². The summed E-state index contributed by atoms with van der Waals surface area (Å²) in [6.45, 7) is 15.5. The second kappa shape index (κ2) is 16.4. The van der Waals surface area contributed by atoms with Gasteiger partial charge >= 0.3 is 0 Å². The molecule has 4 aliphatic heterocycles. The third kappa shape index (κ3) is 7.54. The van der Waals surface area contributed by atoms with Gasteiger partial charge in [-0.15, -0.1) is 21.5 Å². The van der Waals surface area contributed by atoms with Crippen LogP contribution in [0.1, 0.15) is 113 Å². The maximum absolute atomic E-state index is 15.3. The van der Waals surface area contributed by atoms with Crippen LogP contribution in [0.15, 0.2) is 83.9 Å². The maximum atomic E-state index is 15.3. The van der Waals surface area contributed by atoms with Crippen LogP contribution in [0, 0.1) is 44.1 Å². The molecule has 2 saturated heterocycles. The number of aliphatic imine (C=N–C) groups is 1. The van der Waals surface area contributed by atoms with Gasteiger partial charge in [-0.25, -0.2) is 13.2 Å². The Kier molecular flexibility index (Phi) is 10.8. The van der Waals surface area contributed by atoms with E-state index in [-0.39, 0.29) is 22.9 Å². The molecule has 2 fully saturated rings. The van der Waals surface area contributed by atoms with E-state index in [1.807, 2.05) is 19.1 Å². The van der Waals surface area contributed by atoms with Crippen LogP contribution in [0.4, 0.5) is 18.9 Å². The van der Waals surface area contributed by atoms with Gasteiger partial charge in [0.05, 0.1) is 11.3 Å². The van der Waals surface area contributed by atoms with Crippen molar-refractivity contribution in [1.82, 2.24) is 19.7 Å². The highest BCUT2D eigenvalue weighted by Crippen LogP contribution is 2.49. The summed E-state index contributed by atoms with van der Waals surface area (Å²) in [5.41, 5.74) is 8.87. The molecule has 8 nitrogen and oxygen atoms in total. The predicted molar refractivity (Wildman–Crippen MR) is 244 cm³/mol. The molecule has 0 amide bonds. The molecule has 12 heteroatoms. The summed E-state index contributed by atoms with van der Waals surface area (Å²) >= 11 is 1.79. The van der Waals surface area contributed by atoms with Gasteiger partial charge in [0.25, 0.3) is 0 Å². The lowest BCUT2D eigenvalue weighted by Gasteiger charge is -2.38. The molecule has 0 aliphatic carbocycles. The van der Waals surface area contributed by atoms with E-state index in [2.05, 4.69) is 81.7 Å². The number of nitrogens with zero attached hydrogens (tertiary/aromatic N) is 6. The zero-order chi connectivity index (χ0) is 43.7. The molecule has 324 valence electrons. The zero-order valence-electron chi connectivity index (χ0n) is 36.3. The molecule has 4 aliphatic rings. The minimum atomic E-state index is -0.999. The van der Waals surface area contributed by atoms with Crippen LogP contribution in [0.25, 0.3) is 16.1 Å². The number of ether oxygens (including phenoxy) is 1. The third-order valence-electron chi connectivity index (χ3n) is 13.8. The van der Waals surface area contributed by atoms with Crippen LogP contribution in [0.3, 0.4) is 0 Å². The minimum absolute atomic E-state index is 0.0103. The minimum Gasteiger partial charge on any atom is -0.508 e. The Bertz CT molecular complexity index is 2760. The molecule has 10 rings (SSSR count). The van der Waals surface area contributed by atoms with Gasteiger partial charge in [-0.3, -0.25) is 9.56 Å². The second-order valence-electron chi connectivity index (χ2n) is 17.7. The van der Waals surface area contributed by atoms with Gasteiger partial charge < -0.3 is 19.6 Å². The monoisotopic (exact) mass is 868 g/mol. The van der Waals surface area contributed by atoms with Gasteiger partial charge in [0.15, 0.2) is 5.82 Å². The van der Waals surface area contributed by atoms with Crippen molar-refractivity contribution in [3.8, 4) is 16.5 Å². The van der Waals surface area contributed by atoms with E-state index in [1.54, 1.807) is 24.3 Å². The van der Waals surface area contributed by atoms with Crippen molar-refractivity contribution in [2.45, 2.75) is 78.4 Å². The Morgan fingerprint density at radius 1 is 0.778 bits per heavy atom. The predicted octanol–water partition coefficient (Wildman–Crippen LogP) is 11.4. The number of rotatable bonds is 7. The Labute approximate surface area is 370 Å². The second-order valence-corrected chi connectivity index (χ2v) is 18.9. The number of anilines is 1. The Hall–Kier alpha value is -5.72. The molecule has 6 heterocycles. The Morgan fingerprint density at radius 2 is 1.46 bits per heavy atom. The molecule has 6 aromatic rings.